The molecule has 0 radical (unpaired) electrons. The fraction of sp³-hybridized carbons (Fsp3) is 0.111. The number of alkyl halides is 1. The van der Waals surface area contributed by atoms with E-state index in [0.29, 0.717) is 0 Å². The summed E-state index contributed by atoms with van der Waals surface area (Å²) >= 11 is 9.26. The summed E-state index contributed by atoms with van der Waals surface area (Å²) < 4.78 is 0. The standard InChI is InChI=1S/C9H7BrClN/c10-4-6-5-12-9-3-7(11)1-2-8(6)9/h1-3,5,12H,4H2. The summed E-state index contributed by atoms with van der Waals surface area (Å²) in [5.41, 5.74) is 2.36. The van der Waals surface area contributed by atoms with Crippen molar-refractivity contribution in [3.63, 3.8) is 0 Å². The first-order valence-corrected chi connectivity index (χ1v) is 5.12. The summed E-state index contributed by atoms with van der Waals surface area (Å²) in [7, 11) is 0. The maximum atomic E-state index is 5.84. The number of aromatic nitrogens is 1. The van der Waals surface area contributed by atoms with E-state index in [1.807, 2.05) is 24.4 Å². The predicted octanol–water partition coefficient (Wildman–Crippen LogP) is 3.72. The van der Waals surface area contributed by atoms with Crippen LogP contribution in [-0.2, 0) is 5.33 Å². The fourth-order valence-electron chi connectivity index (χ4n) is 1.27. The quantitative estimate of drug-likeness (QED) is 0.736. The van der Waals surface area contributed by atoms with Crippen LogP contribution in [0.5, 0.6) is 0 Å². The van der Waals surface area contributed by atoms with E-state index < -0.39 is 0 Å². The minimum absolute atomic E-state index is 0.769. The molecule has 1 heterocycles. The van der Waals surface area contributed by atoms with Crippen molar-refractivity contribution in [3.8, 4) is 0 Å². The highest BCUT2D eigenvalue weighted by Gasteiger charge is 2.01. The molecular formula is C9H7BrClN. The zero-order valence-electron chi connectivity index (χ0n) is 6.27. The molecule has 0 fully saturated rings. The molecule has 0 aliphatic carbocycles. The molecule has 2 aromatic rings. The zero-order chi connectivity index (χ0) is 8.55. The first-order chi connectivity index (χ1) is 5.81. The summed E-state index contributed by atoms with van der Waals surface area (Å²) in [5.74, 6) is 0. The molecule has 62 valence electrons. The van der Waals surface area contributed by atoms with Gasteiger partial charge in [0.2, 0.25) is 0 Å². The van der Waals surface area contributed by atoms with E-state index in [9.17, 15) is 0 Å². The SMILES string of the molecule is Clc1ccc2c(CBr)c[nH]c2c1. The normalized spacial score (nSPS) is 10.8. The number of hydrogen-bond acceptors (Lipinski definition) is 0. The molecule has 1 aromatic carbocycles. The van der Waals surface area contributed by atoms with Crippen LogP contribution in [0.2, 0.25) is 5.02 Å². The van der Waals surface area contributed by atoms with Crippen LogP contribution in [0, 0.1) is 0 Å². The first kappa shape index (κ1) is 8.14. The van der Waals surface area contributed by atoms with Gasteiger partial charge in [0.05, 0.1) is 0 Å². The van der Waals surface area contributed by atoms with E-state index in [1.165, 1.54) is 10.9 Å². The van der Waals surface area contributed by atoms with Gasteiger partial charge in [-0.15, -0.1) is 0 Å². The van der Waals surface area contributed by atoms with E-state index in [1.54, 1.807) is 0 Å². The molecule has 0 spiro atoms. The second-order valence-corrected chi connectivity index (χ2v) is 3.63. The van der Waals surface area contributed by atoms with Crippen molar-refractivity contribution in [1.29, 1.82) is 0 Å². The minimum Gasteiger partial charge on any atom is -0.361 e. The summed E-state index contributed by atoms with van der Waals surface area (Å²) in [6.45, 7) is 0. The predicted molar refractivity (Wildman–Crippen MR) is 55.9 cm³/mol. The van der Waals surface area contributed by atoms with Gasteiger partial charge in [0.25, 0.3) is 0 Å². The summed E-state index contributed by atoms with van der Waals surface area (Å²) in [6, 6.07) is 5.87. The van der Waals surface area contributed by atoms with Gasteiger partial charge in [-0.2, -0.15) is 0 Å². The van der Waals surface area contributed by atoms with Crippen LogP contribution >= 0.6 is 27.5 Å². The number of rotatable bonds is 1. The lowest BCUT2D eigenvalue weighted by molar-refractivity contribution is 1.41. The monoisotopic (exact) mass is 243 g/mol. The molecule has 0 saturated heterocycles. The largest absolute Gasteiger partial charge is 0.361 e. The van der Waals surface area contributed by atoms with Crippen molar-refractivity contribution in [1.82, 2.24) is 4.98 Å². The lowest BCUT2D eigenvalue weighted by atomic mass is 10.2. The third kappa shape index (κ3) is 1.25. The molecule has 12 heavy (non-hydrogen) atoms. The Hall–Kier alpha value is -0.470. The number of H-pyrrole nitrogens is 1. The van der Waals surface area contributed by atoms with Gasteiger partial charge < -0.3 is 4.98 Å². The van der Waals surface area contributed by atoms with Crippen molar-refractivity contribution in [3.05, 3.63) is 35.0 Å². The van der Waals surface area contributed by atoms with Crippen LogP contribution in [0.25, 0.3) is 10.9 Å². The van der Waals surface area contributed by atoms with Crippen LogP contribution < -0.4 is 0 Å². The van der Waals surface area contributed by atoms with E-state index in [2.05, 4.69) is 20.9 Å². The number of fused-ring (bicyclic) bond motifs is 1. The second kappa shape index (κ2) is 3.11. The number of nitrogens with one attached hydrogen (secondary N) is 1. The van der Waals surface area contributed by atoms with Crippen LogP contribution in [0.1, 0.15) is 5.56 Å². The summed E-state index contributed by atoms with van der Waals surface area (Å²) in [4.78, 5) is 3.17. The smallest absolute Gasteiger partial charge is 0.0472 e. The average Bonchev–Trinajstić information content (AvgIpc) is 2.46. The topological polar surface area (TPSA) is 15.8 Å². The highest BCUT2D eigenvalue weighted by molar-refractivity contribution is 9.08. The maximum Gasteiger partial charge on any atom is 0.0472 e. The molecule has 0 amide bonds. The average molecular weight is 245 g/mol. The second-order valence-electron chi connectivity index (χ2n) is 2.64. The van der Waals surface area contributed by atoms with Gasteiger partial charge in [-0.25, -0.2) is 0 Å². The van der Waals surface area contributed by atoms with Gasteiger partial charge in [0.1, 0.15) is 0 Å². The van der Waals surface area contributed by atoms with E-state index in [-0.39, 0.29) is 0 Å². The summed E-state index contributed by atoms with van der Waals surface area (Å²) in [5, 5.41) is 2.87. The van der Waals surface area contributed by atoms with Crippen LogP contribution in [0.4, 0.5) is 0 Å². The van der Waals surface area contributed by atoms with Gasteiger partial charge in [0, 0.05) is 27.5 Å². The highest BCUT2D eigenvalue weighted by atomic mass is 79.9. The number of aromatic amines is 1. The van der Waals surface area contributed by atoms with E-state index in [4.69, 9.17) is 11.6 Å². The highest BCUT2D eigenvalue weighted by Crippen LogP contribution is 2.23. The van der Waals surface area contributed by atoms with E-state index >= 15 is 0 Å². The molecule has 0 unspecified atom stereocenters. The fourth-order valence-corrected chi connectivity index (χ4v) is 1.91. The Bertz CT molecular complexity index is 408. The third-order valence-corrected chi connectivity index (χ3v) is 2.71. The lowest BCUT2D eigenvalue weighted by Gasteiger charge is -1.92. The number of hydrogen-bond donors (Lipinski definition) is 1. The molecule has 0 atom stereocenters. The Balaban J connectivity index is 2.73. The minimum atomic E-state index is 0.769. The molecular weight excluding hydrogens is 237 g/mol. The Morgan fingerprint density at radius 1 is 1.42 bits per heavy atom. The molecule has 0 aliphatic rings. The van der Waals surface area contributed by atoms with Crippen molar-refractivity contribution in [2.45, 2.75) is 5.33 Å². The Morgan fingerprint density at radius 3 is 3.00 bits per heavy atom. The van der Waals surface area contributed by atoms with Crippen molar-refractivity contribution in [2.24, 2.45) is 0 Å². The molecule has 0 aliphatic heterocycles. The Labute approximate surface area is 83.9 Å². The lowest BCUT2D eigenvalue weighted by Crippen LogP contribution is -1.71. The molecule has 0 bridgehead atoms. The first-order valence-electron chi connectivity index (χ1n) is 3.63. The molecule has 1 aromatic heterocycles. The molecule has 1 nitrogen and oxygen atoms in total. The third-order valence-electron chi connectivity index (χ3n) is 1.87. The molecule has 3 heteroatoms. The maximum absolute atomic E-state index is 5.84. The van der Waals surface area contributed by atoms with Crippen molar-refractivity contribution < 1.29 is 0 Å². The van der Waals surface area contributed by atoms with Crippen molar-refractivity contribution >= 4 is 38.4 Å². The zero-order valence-corrected chi connectivity index (χ0v) is 8.61. The van der Waals surface area contributed by atoms with Gasteiger partial charge in [0.15, 0.2) is 0 Å². The van der Waals surface area contributed by atoms with Gasteiger partial charge in [-0.3, -0.25) is 0 Å². The van der Waals surface area contributed by atoms with Crippen LogP contribution in [0.3, 0.4) is 0 Å². The Kier molecular flexibility index (Phi) is 2.11. The van der Waals surface area contributed by atoms with Gasteiger partial charge >= 0.3 is 0 Å². The molecule has 2 rings (SSSR count). The van der Waals surface area contributed by atoms with Gasteiger partial charge in [-0.05, 0) is 17.7 Å². The number of halogens is 2. The van der Waals surface area contributed by atoms with E-state index in [0.717, 1.165) is 15.9 Å². The van der Waals surface area contributed by atoms with Gasteiger partial charge in [-0.1, -0.05) is 33.6 Å². The van der Waals surface area contributed by atoms with Crippen molar-refractivity contribution in [2.75, 3.05) is 0 Å². The molecule has 0 saturated carbocycles. The summed E-state index contributed by atoms with van der Waals surface area (Å²) in [6.07, 6.45) is 2.00. The number of benzene rings is 1. The Morgan fingerprint density at radius 2 is 2.25 bits per heavy atom. The molecule has 1 N–H and O–H groups in total. The van der Waals surface area contributed by atoms with Crippen LogP contribution in [-0.4, -0.2) is 4.98 Å². The van der Waals surface area contributed by atoms with Crippen LogP contribution in [0.15, 0.2) is 24.4 Å².